The predicted molar refractivity (Wildman–Crippen MR) is 130 cm³/mol. The Balaban J connectivity index is 2.86. The molecule has 6 heteroatoms. The predicted octanol–water partition coefficient (Wildman–Crippen LogP) is 4.93. The van der Waals surface area contributed by atoms with E-state index in [9.17, 15) is 4.79 Å². The molecule has 3 atom stereocenters. The number of carbonyl (C=O) groups is 1. The van der Waals surface area contributed by atoms with Crippen molar-refractivity contribution < 1.29 is 9.63 Å². The fourth-order valence-electron chi connectivity index (χ4n) is 3.73. The molecule has 0 fully saturated rings. The third-order valence-corrected chi connectivity index (χ3v) is 5.82. The van der Waals surface area contributed by atoms with E-state index in [0.29, 0.717) is 24.9 Å². The number of amides is 2. The fourth-order valence-corrected chi connectivity index (χ4v) is 3.73. The molecule has 0 heterocycles. The van der Waals surface area contributed by atoms with Gasteiger partial charge in [0.05, 0.1) is 0 Å². The fraction of sp³-hybridized carbons (Fsp3) is 0.600. The van der Waals surface area contributed by atoms with Gasteiger partial charge in [-0.25, -0.2) is 4.79 Å². The molecule has 0 radical (unpaired) electrons. The topological polar surface area (TPSA) is 48.4 Å². The number of urea groups is 1. The molecule has 1 aromatic rings. The normalized spacial score (nSPS) is 14.5. The van der Waals surface area contributed by atoms with E-state index in [-0.39, 0.29) is 18.1 Å². The summed E-state index contributed by atoms with van der Waals surface area (Å²) in [7, 11) is 3.60. The first kappa shape index (κ1) is 26.5. The molecule has 0 saturated heterocycles. The average molecular weight is 431 g/mol. The second-order valence-corrected chi connectivity index (χ2v) is 8.60. The minimum atomic E-state index is -0.000834. The lowest BCUT2D eigenvalue weighted by Crippen LogP contribution is -2.51. The van der Waals surface area contributed by atoms with Gasteiger partial charge in [-0.1, -0.05) is 55.4 Å². The summed E-state index contributed by atoms with van der Waals surface area (Å²) in [6, 6.07) is 10.2. The van der Waals surface area contributed by atoms with Crippen LogP contribution in [0.5, 0.6) is 0 Å². The van der Waals surface area contributed by atoms with Crippen molar-refractivity contribution in [1.82, 2.24) is 14.7 Å². The second kappa shape index (κ2) is 13.0. The summed E-state index contributed by atoms with van der Waals surface area (Å²) in [6.45, 7) is 18.6. The molecule has 174 valence electrons. The molecule has 1 aromatic carbocycles. The Morgan fingerprint density at radius 2 is 1.68 bits per heavy atom. The number of nitrogens with zero attached hydrogens (tertiary/aromatic N) is 4. The first-order valence-corrected chi connectivity index (χ1v) is 11.2. The first-order valence-electron chi connectivity index (χ1n) is 11.2. The van der Waals surface area contributed by atoms with Crippen LogP contribution in [-0.2, 0) is 4.84 Å². The van der Waals surface area contributed by atoms with Crippen LogP contribution in [0.1, 0.15) is 47.1 Å². The smallest absolute Gasteiger partial charge is 0.320 e. The van der Waals surface area contributed by atoms with Gasteiger partial charge in [0.1, 0.15) is 7.11 Å². The molecule has 0 aliphatic heterocycles. The van der Waals surface area contributed by atoms with E-state index in [4.69, 9.17) is 4.84 Å². The van der Waals surface area contributed by atoms with E-state index >= 15 is 0 Å². The number of oxime groups is 1. The molecule has 0 N–H and O–H groups in total. The van der Waals surface area contributed by atoms with Crippen LogP contribution >= 0.6 is 0 Å². The van der Waals surface area contributed by atoms with Gasteiger partial charge in [-0.3, -0.25) is 0 Å². The molecule has 0 aromatic heterocycles. The molecule has 31 heavy (non-hydrogen) atoms. The quantitative estimate of drug-likeness (QED) is 0.217. The molecule has 0 aliphatic rings. The maximum atomic E-state index is 13.2. The standard InChI is InChI=1S/C25H42N4O2/c1-10-22(7)29(19(3)4)25(30)28(11-2)18-21(6)20(5)17-27(8)24(26-31-9)23-15-13-12-14-16-23/h10,12-16,19-22H,1,11,17-18H2,2-9H3/b26-24+. The highest BCUT2D eigenvalue weighted by atomic mass is 16.6. The summed E-state index contributed by atoms with van der Waals surface area (Å²) in [6.07, 6.45) is 1.83. The molecular weight excluding hydrogens is 388 g/mol. The van der Waals surface area contributed by atoms with Crippen molar-refractivity contribution >= 4 is 11.9 Å². The summed E-state index contributed by atoms with van der Waals surface area (Å²) < 4.78 is 0. The van der Waals surface area contributed by atoms with Gasteiger partial charge in [-0.15, -0.1) is 6.58 Å². The molecule has 2 amide bonds. The first-order chi connectivity index (χ1) is 14.7. The zero-order valence-electron chi connectivity index (χ0n) is 20.7. The Morgan fingerprint density at radius 3 is 2.16 bits per heavy atom. The summed E-state index contributed by atoms with van der Waals surface area (Å²) in [5.74, 6) is 1.47. The molecule has 0 bridgehead atoms. The van der Waals surface area contributed by atoms with Crippen molar-refractivity contribution in [1.29, 1.82) is 0 Å². The van der Waals surface area contributed by atoms with Gasteiger partial charge in [0, 0.05) is 44.3 Å². The van der Waals surface area contributed by atoms with Crippen molar-refractivity contribution in [3.63, 3.8) is 0 Å². The highest BCUT2D eigenvalue weighted by Crippen LogP contribution is 2.18. The molecule has 0 saturated carbocycles. The minimum Gasteiger partial charge on any atom is -0.397 e. The summed E-state index contributed by atoms with van der Waals surface area (Å²) >= 11 is 0. The Morgan fingerprint density at radius 1 is 1.10 bits per heavy atom. The SMILES string of the molecule is C=CC(C)N(C(=O)N(CC)CC(C)C(C)CN(C)/C(=N/OC)c1ccccc1)C(C)C. The van der Waals surface area contributed by atoms with Gasteiger partial charge in [0.2, 0.25) is 0 Å². The third-order valence-electron chi connectivity index (χ3n) is 5.82. The zero-order valence-corrected chi connectivity index (χ0v) is 20.7. The monoisotopic (exact) mass is 430 g/mol. The lowest BCUT2D eigenvalue weighted by Gasteiger charge is -2.38. The Hall–Kier alpha value is -2.50. The summed E-state index contributed by atoms with van der Waals surface area (Å²) in [5.41, 5.74) is 1.02. The van der Waals surface area contributed by atoms with Crippen molar-refractivity contribution in [2.24, 2.45) is 17.0 Å². The van der Waals surface area contributed by atoms with Gasteiger partial charge in [0.15, 0.2) is 5.84 Å². The average Bonchev–Trinajstić information content (AvgIpc) is 2.75. The number of hydrogen-bond donors (Lipinski definition) is 0. The lowest BCUT2D eigenvalue weighted by molar-refractivity contribution is 0.120. The van der Waals surface area contributed by atoms with Crippen LogP contribution in [0.4, 0.5) is 4.79 Å². The molecule has 0 aliphatic carbocycles. The molecule has 1 rings (SSSR count). The van der Waals surface area contributed by atoms with Gasteiger partial charge < -0.3 is 19.5 Å². The van der Waals surface area contributed by atoms with Gasteiger partial charge in [-0.2, -0.15) is 0 Å². The van der Waals surface area contributed by atoms with Crippen molar-refractivity contribution in [3.8, 4) is 0 Å². The van der Waals surface area contributed by atoms with E-state index in [1.807, 2.05) is 81.0 Å². The van der Waals surface area contributed by atoms with Crippen LogP contribution in [0.15, 0.2) is 48.1 Å². The Kier molecular flexibility index (Phi) is 11.2. The van der Waals surface area contributed by atoms with Crippen LogP contribution in [0.3, 0.4) is 0 Å². The van der Waals surface area contributed by atoms with E-state index < -0.39 is 0 Å². The van der Waals surface area contributed by atoms with Crippen molar-refractivity contribution in [2.45, 2.75) is 53.6 Å². The summed E-state index contributed by atoms with van der Waals surface area (Å²) in [4.78, 5) is 24.3. The van der Waals surface area contributed by atoms with Crippen LogP contribution < -0.4 is 0 Å². The largest absolute Gasteiger partial charge is 0.397 e. The maximum Gasteiger partial charge on any atom is 0.320 e. The van der Waals surface area contributed by atoms with Gasteiger partial charge in [0.25, 0.3) is 0 Å². The molecule has 3 unspecified atom stereocenters. The lowest BCUT2D eigenvalue weighted by atomic mass is 9.94. The van der Waals surface area contributed by atoms with Gasteiger partial charge >= 0.3 is 6.03 Å². The minimum absolute atomic E-state index is 0.000834. The number of benzene rings is 1. The number of rotatable bonds is 11. The third kappa shape index (κ3) is 7.60. The van der Waals surface area contributed by atoms with Gasteiger partial charge in [-0.05, 0) is 39.5 Å². The maximum absolute atomic E-state index is 13.2. The second-order valence-electron chi connectivity index (χ2n) is 8.60. The number of amidine groups is 1. The van der Waals surface area contributed by atoms with E-state index in [2.05, 4.69) is 30.5 Å². The highest BCUT2D eigenvalue weighted by Gasteiger charge is 2.28. The summed E-state index contributed by atoms with van der Waals surface area (Å²) in [5, 5.41) is 4.25. The zero-order chi connectivity index (χ0) is 23.6. The van der Waals surface area contributed by atoms with E-state index in [1.165, 1.54) is 0 Å². The van der Waals surface area contributed by atoms with Crippen LogP contribution in [0, 0.1) is 11.8 Å². The van der Waals surface area contributed by atoms with Crippen LogP contribution in [0.2, 0.25) is 0 Å². The molecular formula is C25H42N4O2. The Labute approximate surface area is 189 Å². The van der Waals surface area contributed by atoms with Crippen LogP contribution in [-0.4, -0.2) is 72.4 Å². The number of hydrogen-bond acceptors (Lipinski definition) is 3. The highest BCUT2D eigenvalue weighted by molar-refractivity contribution is 5.98. The van der Waals surface area contributed by atoms with E-state index in [0.717, 1.165) is 17.9 Å². The Bertz CT molecular complexity index is 705. The van der Waals surface area contributed by atoms with Crippen molar-refractivity contribution in [2.75, 3.05) is 33.8 Å². The molecule has 6 nitrogen and oxygen atoms in total. The number of carbonyl (C=O) groups excluding carboxylic acids is 1. The van der Waals surface area contributed by atoms with Crippen LogP contribution in [0.25, 0.3) is 0 Å². The van der Waals surface area contributed by atoms with Crippen molar-refractivity contribution in [3.05, 3.63) is 48.6 Å². The molecule has 0 spiro atoms. The van der Waals surface area contributed by atoms with E-state index in [1.54, 1.807) is 7.11 Å².